The summed E-state index contributed by atoms with van der Waals surface area (Å²) in [4.78, 5) is 13.2. The summed E-state index contributed by atoms with van der Waals surface area (Å²) in [6, 6.07) is 10.5. The number of ether oxygens (including phenoxy) is 3. The van der Waals surface area contributed by atoms with Gasteiger partial charge in [-0.15, -0.1) is 0 Å². The van der Waals surface area contributed by atoms with E-state index in [1.807, 2.05) is 18.2 Å². The first kappa shape index (κ1) is 22.2. The number of nitrogens with zero attached hydrogens (tertiary/aromatic N) is 1. The molecule has 2 aromatic carbocycles. The van der Waals surface area contributed by atoms with Gasteiger partial charge in [-0.25, -0.2) is 8.42 Å². The van der Waals surface area contributed by atoms with Crippen LogP contribution >= 0.6 is 0 Å². The highest BCUT2D eigenvalue weighted by Gasteiger charge is 2.45. The van der Waals surface area contributed by atoms with Crippen LogP contribution in [0.25, 0.3) is 0 Å². The number of piperidine rings is 1. The average molecular weight is 472 g/mol. The molecular formula is C25H29NO6S. The normalized spacial score (nSPS) is 20.3. The molecule has 3 aliphatic rings. The number of benzene rings is 2. The van der Waals surface area contributed by atoms with Gasteiger partial charge in [0.2, 0.25) is 10.0 Å². The Balaban J connectivity index is 1.33. The van der Waals surface area contributed by atoms with Crippen molar-refractivity contribution in [3.05, 3.63) is 47.5 Å². The van der Waals surface area contributed by atoms with Crippen LogP contribution in [-0.4, -0.2) is 50.4 Å². The zero-order valence-electron chi connectivity index (χ0n) is 19.2. The van der Waals surface area contributed by atoms with Crippen molar-refractivity contribution in [2.75, 3.05) is 26.3 Å². The molecule has 1 saturated heterocycles. The predicted molar refractivity (Wildman–Crippen MR) is 123 cm³/mol. The molecule has 1 fully saturated rings. The zero-order valence-corrected chi connectivity index (χ0v) is 20.0. The van der Waals surface area contributed by atoms with Gasteiger partial charge in [-0.05, 0) is 35.2 Å². The summed E-state index contributed by atoms with van der Waals surface area (Å²) >= 11 is 0. The molecule has 0 aliphatic carbocycles. The number of sulfonamides is 1. The van der Waals surface area contributed by atoms with Gasteiger partial charge in [0.25, 0.3) is 0 Å². The molecule has 0 unspecified atom stereocenters. The lowest BCUT2D eigenvalue weighted by atomic mass is 9.80. The van der Waals surface area contributed by atoms with Crippen molar-refractivity contribution in [3.63, 3.8) is 0 Å². The molecule has 8 heteroatoms. The van der Waals surface area contributed by atoms with Crippen LogP contribution in [-0.2, 0) is 15.4 Å². The SMILES string of the molecule is CC(C)(C)c1ccc2c(c1)C(=O)CC1(CCN(S(=O)(=O)c3ccc4c(c3)OCCO4)CC1)O2. The van der Waals surface area contributed by atoms with Gasteiger partial charge in [-0.3, -0.25) is 4.79 Å². The highest BCUT2D eigenvalue weighted by atomic mass is 32.2. The van der Waals surface area contributed by atoms with Crippen LogP contribution in [0.5, 0.6) is 17.2 Å². The molecule has 0 radical (unpaired) electrons. The molecule has 0 N–H and O–H groups in total. The molecule has 0 bridgehead atoms. The van der Waals surface area contributed by atoms with Gasteiger partial charge in [-0.1, -0.05) is 26.8 Å². The molecular weight excluding hydrogens is 442 g/mol. The molecule has 3 heterocycles. The van der Waals surface area contributed by atoms with Crippen LogP contribution in [0.3, 0.4) is 0 Å². The van der Waals surface area contributed by atoms with Gasteiger partial charge in [0, 0.05) is 32.0 Å². The van der Waals surface area contributed by atoms with E-state index in [0.717, 1.165) is 5.56 Å². The van der Waals surface area contributed by atoms with Gasteiger partial charge in [0.1, 0.15) is 24.6 Å². The summed E-state index contributed by atoms with van der Waals surface area (Å²) in [5.74, 6) is 1.66. The largest absolute Gasteiger partial charge is 0.486 e. The van der Waals surface area contributed by atoms with Crippen LogP contribution in [0.4, 0.5) is 0 Å². The van der Waals surface area contributed by atoms with Crippen LogP contribution in [0.1, 0.15) is 56.0 Å². The molecule has 5 rings (SSSR count). The van der Waals surface area contributed by atoms with Crippen LogP contribution in [0.2, 0.25) is 0 Å². The Morgan fingerprint density at radius 1 is 0.909 bits per heavy atom. The molecule has 0 atom stereocenters. The molecule has 0 saturated carbocycles. The fraction of sp³-hybridized carbons (Fsp3) is 0.480. The second kappa shape index (κ2) is 7.74. The van der Waals surface area contributed by atoms with Gasteiger partial charge in [-0.2, -0.15) is 4.31 Å². The minimum Gasteiger partial charge on any atom is -0.486 e. The Hall–Kier alpha value is -2.58. The lowest BCUT2D eigenvalue weighted by Crippen LogP contribution is -2.52. The summed E-state index contributed by atoms with van der Waals surface area (Å²) in [5.41, 5.74) is 0.998. The first-order valence-electron chi connectivity index (χ1n) is 11.3. The molecule has 3 aliphatic heterocycles. The number of fused-ring (bicyclic) bond motifs is 2. The number of Topliss-reactive ketones (excluding diaryl/α,β-unsaturated/α-hetero) is 1. The van der Waals surface area contributed by atoms with Crippen LogP contribution < -0.4 is 14.2 Å². The Bertz CT molecular complexity index is 1210. The van der Waals surface area contributed by atoms with E-state index in [1.165, 1.54) is 10.4 Å². The van der Waals surface area contributed by atoms with Crippen molar-refractivity contribution in [2.24, 2.45) is 0 Å². The summed E-state index contributed by atoms with van der Waals surface area (Å²) in [6.45, 7) is 7.77. The maximum absolute atomic E-state index is 13.3. The number of ketones is 1. The monoisotopic (exact) mass is 471 g/mol. The third kappa shape index (κ3) is 3.99. The van der Waals surface area contributed by atoms with Crippen molar-refractivity contribution in [1.29, 1.82) is 0 Å². The third-order valence-corrected chi connectivity index (χ3v) is 8.63. The number of carbonyl (C=O) groups is 1. The van der Waals surface area contributed by atoms with E-state index in [9.17, 15) is 13.2 Å². The number of rotatable bonds is 2. The smallest absolute Gasteiger partial charge is 0.243 e. The van der Waals surface area contributed by atoms with E-state index < -0.39 is 15.6 Å². The molecule has 1 spiro atoms. The minimum atomic E-state index is -3.69. The first-order valence-corrected chi connectivity index (χ1v) is 12.8. The Labute approximate surface area is 194 Å². The quantitative estimate of drug-likeness (QED) is 0.660. The Morgan fingerprint density at radius 3 is 2.27 bits per heavy atom. The van der Waals surface area contributed by atoms with E-state index >= 15 is 0 Å². The molecule has 176 valence electrons. The average Bonchev–Trinajstić information content (AvgIpc) is 2.78. The molecule has 0 aromatic heterocycles. The van der Waals surface area contributed by atoms with Crippen molar-refractivity contribution in [3.8, 4) is 17.2 Å². The lowest BCUT2D eigenvalue weighted by molar-refractivity contribution is 0.00586. The molecule has 7 nitrogen and oxygen atoms in total. The van der Waals surface area contributed by atoms with E-state index in [2.05, 4.69) is 20.8 Å². The van der Waals surface area contributed by atoms with Crippen molar-refractivity contribution in [1.82, 2.24) is 4.31 Å². The van der Waals surface area contributed by atoms with Gasteiger partial charge < -0.3 is 14.2 Å². The highest BCUT2D eigenvalue weighted by molar-refractivity contribution is 7.89. The van der Waals surface area contributed by atoms with Gasteiger partial charge >= 0.3 is 0 Å². The van der Waals surface area contributed by atoms with Crippen LogP contribution in [0, 0.1) is 0 Å². The van der Waals surface area contributed by atoms with E-state index in [0.29, 0.717) is 62.0 Å². The standard InChI is InChI=1S/C25H29NO6S/c1-24(2,3)17-4-6-21-19(14-17)20(27)16-25(32-21)8-10-26(11-9-25)33(28,29)18-5-7-22-23(15-18)31-13-12-30-22/h4-7,14-15H,8-13,16H2,1-3H3. The topological polar surface area (TPSA) is 82.1 Å². The number of hydrogen-bond acceptors (Lipinski definition) is 6. The van der Waals surface area contributed by atoms with E-state index in [1.54, 1.807) is 12.1 Å². The maximum atomic E-state index is 13.3. The van der Waals surface area contributed by atoms with Gasteiger partial charge in [0.15, 0.2) is 17.3 Å². The highest BCUT2D eigenvalue weighted by Crippen LogP contribution is 2.42. The van der Waals surface area contributed by atoms with E-state index in [4.69, 9.17) is 14.2 Å². The van der Waals surface area contributed by atoms with Gasteiger partial charge in [0.05, 0.1) is 16.9 Å². The second-order valence-electron chi connectivity index (χ2n) is 10.1. The van der Waals surface area contributed by atoms with Crippen molar-refractivity contribution >= 4 is 15.8 Å². The van der Waals surface area contributed by atoms with Crippen molar-refractivity contribution in [2.45, 2.75) is 55.9 Å². The lowest BCUT2D eigenvalue weighted by Gasteiger charge is -2.43. The Kier molecular flexibility index (Phi) is 5.21. The maximum Gasteiger partial charge on any atom is 0.243 e. The first-order chi connectivity index (χ1) is 15.6. The third-order valence-electron chi connectivity index (χ3n) is 6.74. The molecule has 0 amide bonds. The molecule has 2 aromatic rings. The summed E-state index contributed by atoms with van der Waals surface area (Å²) in [5, 5.41) is 0. The van der Waals surface area contributed by atoms with Crippen LogP contribution in [0.15, 0.2) is 41.3 Å². The second-order valence-corrected chi connectivity index (χ2v) is 12.0. The summed E-state index contributed by atoms with van der Waals surface area (Å²) < 4.78 is 45.4. The fourth-order valence-corrected chi connectivity index (χ4v) is 6.16. The predicted octanol–water partition coefficient (Wildman–Crippen LogP) is 3.94. The minimum absolute atomic E-state index is 0.0575. The summed E-state index contributed by atoms with van der Waals surface area (Å²) in [6.07, 6.45) is 1.19. The van der Waals surface area contributed by atoms with Crippen molar-refractivity contribution < 1.29 is 27.4 Å². The zero-order chi connectivity index (χ0) is 23.4. The number of carbonyl (C=O) groups excluding carboxylic acids is 1. The summed E-state index contributed by atoms with van der Waals surface area (Å²) in [7, 11) is -3.69. The molecule has 33 heavy (non-hydrogen) atoms. The Morgan fingerprint density at radius 2 is 1.58 bits per heavy atom. The fourth-order valence-electron chi connectivity index (χ4n) is 4.71. The number of hydrogen-bond donors (Lipinski definition) is 0. The van der Waals surface area contributed by atoms with E-state index in [-0.39, 0.29) is 22.5 Å².